The summed E-state index contributed by atoms with van der Waals surface area (Å²) in [4.78, 5) is 32.4. The van der Waals surface area contributed by atoms with Gasteiger partial charge in [0.1, 0.15) is 5.52 Å². The van der Waals surface area contributed by atoms with Crippen molar-refractivity contribution in [1.29, 1.82) is 0 Å². The molecule has 1 aromatic carbocycles. The molecule has 0 radical (unpaired) electrons. The molecule has 1 aliphatic rings. The van der Waals surface area contributed by atoms with Crippen molar-refractivity contribution in [2.45, 2.75) is 6.92 Å². The summed E-state index contributed by atoms with van der Waals surface area (Å²) < 4.78 is 1.59. The topological polar surface area (TPSA) is 61.3 Å². The number of fused-ring (bicyclic) bond motifs is 1. The first-order valence-corrected chi connectivity index (χ1v) is 9.21. The van der Waals surface area contributed by atoms with E-state index in [1.807, 2.05) is 42.3 Å². The molecular formula is C21H24N4O2. The van der Waals surface area contributed by atoms with Crippen LogP contribution in [-0.2, 0) is 7.05 Å². The Morgan fingerprint density at radius 1 is 1.07 bits per heavy atom. The number of aromatic nitrogens is 2. The number of nitrogens with zero attached hydrogens (tertiary/aromatic N) is 3. The molecule has 0 unspecified atom stereocenters. The van der Waals surface area contributed by atoms with Crippen molar-refractivity contribution >= 4 is 16.8 Å². The molecule has 2 aromatic heterocycles. The first-order chi connectivity index (χ1) is 13.0. The Morgan fingerprint density at radius 2 is 1.81 bits per heavy atom. The van der Waals surface area contributed by atoms with Crippen LogP contribution < -0.4 is 5.56 Å². The summed E-state index contributed by atoms with van der Waals surface area (Å²) in [7, 11) is 3.83. The summed E-state index contributed by atoms with van der Waals surface area (Å²) in [5.74, 6) is 0.0967. The van der Waals surface area contributed by atoms with Crippen molar-refractivity contribution in [2.75, 3.05) is 33.2 Å². The SMILES string of the molecule is Cc1cc(-c2cn(C)c(=O)c3[nH]ccc23)ccc1C(=O)N1CCN(C)CC1. The molecule has 4 rings (SSSR count). The summed E-state index contributed by atoms with van der Waals surface area (Å²) in [6.07, 6.45) is 3.64. The Bertz CT molecular complexity index is 1070. The molecule has 140 valence electrons. The molecule has 1 amide bonds. The number of pyridine rings is 1. The van der Waals surface area contributed by atoms with Crippen molar-refractivity contribution in [1.82, 2.24) is 19.4 Å². The van der Waals surface area contributed by atoms with E-state index in [0.29, 0.717) is 5.52 Å². The number of carbonyl (C=O) groups excluding carboxylic acids is 1. The number of aromatic amines is 1. The van der Waals surface area contributed by atoms with Crippen LogP contribution in [0.1, 0.15) is 15.9 Å². The van der Waals surface area contributed by atoms with Crippen LogP contribution in [0, 0.1) is 6.92 Å². The Labute approximate surface area is 158 Å². The lowest BCUT2D eigenvalue weighted by molar-refractivity contribution is 0.0663. The predicted molar refractivity (Wildman–Crippen MR) is 107 cm³/mol. The van der Waals surface area contributed by atoms with E-state index in [2.05, 4.69) is 16.9 Å². The van der Waals surface area contributed by atoms with Crippen LogP contribution in [0.25, 0.3) is 22.0 Å². The average Bonchev–Trinajstić information content (AvgIpc) is 3.15. The lowest BCUT2D eigenvalue weighted by atomic mass is 9.98. The molecular weight excluding hydrogens is 340 g/mol. The summed E-state index contributed by atoms with van der Waals surface area (Å²) in [6, 6.07) is 7.84. The van der Waals surface area contributed by atoms with E-state index in [1.54, 1.807) is 17.8 Å². The fourth-order valence-electron chi connectivity index (χ4n) is 3.75. The van der Waals surface area contributed by atoms with Crippen LogP contribution >= 0.6 is 0 Å². The predicted octanol–water partition coefficient (Wildman–Crippen LogP) is 2.23. The molecule has 3 aromatic rings. The summed E-state index contributed by atoms with van der Waals surface area (Å²) in [5.41, 5.74) is 4.24. The molecule has 3 heterocycles. The number of rotatable bonds is 2. The number of piperazine rings is 1. The van der Waals surface area contributed by atoms with Gasteiger partial charge in [0, 0.05) is 62.1 Å². The Kier molecular flexibility index (Phi) is 4.36. The third-order valence-electron chi connectivity index (χ3n) is 5.45. The van der Waals surface area contributed by atoms with Crippen molar-refractivity contribution in [3.8, 4) is 11.1 Å². The minimum absolute atomic E-state index is 0.0441. The van der Waals surface area contributed by atoms with Crippen molar-refractivity contribution < 1.29 is 4.79 Å². The van der Waals surface area contributed by atoms with E-state index >= 15 is 0 Å². The van der Waals surface area contributed by atoms with Gasteiger partial charge in [-0.3, -0.25) is 9.59 Å². The lowest BCUT2D eigenvalue weighted by Gasteiger charge is -2.32. The van der Waals surface area contributed by atoms with Gasteiger partial charge in [-0.15, -0.1) is 0 Å². The summed E-state index contributed by atoms with van der Waals surface area (Å²) >= 11 is 0. The largest absolute Gasteiger partial charge is 0.357 e. The van der Waals surface area contributed by atoms with Gasteiger partial charge in [0.25, 0.3) is 11.5 Å². The molecule has 0 spiro atoms. The Morgan fingerprint density at radius 3 is 2.52 bits per heavy atom. The van der Waals surface area contributed by atoms with Crippen LogP contribution in [0.5, 0.6) is 0 Å². The van der Waals surface area contributed by atoms with Crippen LogP contribution in [0.3, 0.4) is 0 Å². The van der Waals surface area contributed by atoms with Gasteiger partial charge in [0.05, 0.1) is 0 Å². The van der Waals surface area contributed by atoms with Crippen molar-refractivity contribution in [2.24, 2.45) is 7.05 Å². The number of likely N-dealkylation sites (N-methyl/N-ethyl adjacent to an activating group) is 1. The third-order valence-corrected chi connectivity index (χ3v) is 5.45. The number of carbonyl (C=O) groups is 1. The minimum atomic E-state index is -0.0441. The van der Waals surface area contributed by atoms with E-state index in [1.165, 1.54) is 0 Å². The van der Waals surface area contributed by atoms with Gasteiger partial charge in [0.2, 0.25) is 0 Å². The number of hydrogen-bond acceptors (Lipinski definition) is 3. The zero-order chi connectivity index (χ0) is 19.1. The van der Waals surface area contributed by atoms with E-state index in [0.717, 1.165) is 53.8 Å². The molecule has 0 atom stereocenters. The van der Waals surface area contributed by atoms with Gasteiger partial charge in [-0.1, -0.05) is 12.1 Å². The summed E-state index contributed by atoms with van der Waals surface area (Å²) in [6.45, 7) is 5.32. The monoisotopic (exact) mass is 364 g/mol. The van der Waals surface area contributed by atoms with Crippen LogP contribution in [0.15, 0.2) is 41.5 Å². The van der Waals surface area contributed by atoms with E-state index in [4.69, 9.17) is 0 Å². The number of hydrogen-bond donors (Lipinski definition) is 1. The van der Waals surface area contributed by atoms with Crippen LogP contribution in [-0.4, -0.2) is 58.5 Å². The molecule has 6 heteroatoms. The number of aryl methyl sites for hydroxylation is 2. The minimum Gasteiger partial charge on any atom is -0.357 e. The zero-order valence-electron chi connectivity index (χ0n) is 16.0. The highest BCUT2D eigenvalue weighted by Crippen LogP contribution is 2.28. The van der Waals surface area contributed by atoms with E-state index in [9.17, 15) is 9.59 Å². The van der Waals surface area contributed by atoms with Crippen molar-refractivity contribution in [3.05, 3.63) is 58.1 Å². The standard InChI is InChI=1S/C21H24N4O2/c1-14-12-15(18-13-24(3)21(27)19-17(18)6-7-22-19)4-5-16(14)20(26)25-10-8-23(2)9-11-25/h4-7,12-13,22H,8-11H2,1-3H3. The van der Waals surface area contributed by atoms with Gasteiger partial charge in [-0.25, -0.2) is 0 Å². The first-order valence-electron chi connectivity index (χ1n) is 9.21. The Balaban J connectivity index is 1.71. The van der Waals surface area contributed by atoms with Crippen LogP contribution in [0.4, 0.5) is 0 Å². The highest BCUT2D eigenvalue weighted by molar-refractivity contribution is 5.98. The molecule has 6 nitrogen and oxygen atoms in total. The molecule has 1 saturated heterocycles. The number of H-pyrrole nitrogens is 1. The second kappa shape index (κ2) is 6.70. The maximum Gasteiger partial charge on any atom is 0.274 e. The molecule has 0 saturated carbocycles. The molecule has 27 heavy (non-hydrogen) atoms. The maximum atomic E-state index is 12.9. The Hall–Kier alpha value is -2.86. The smallest absolute Gasteiger partial charge is 0.274 e. The van der Waals surface area contributed by atoms with Gasteiger partial charge in [-0.05, 0) is 37.2 Å². The fraction of sp³-hybridized carbons (Fsp3) is 0.333. The number of benzene rings is 1. The second-order valence-corrected chi connectivity index (χ2v) is 7.35. The van der Waals surface area contributed by atoms with Crippen LogP contribution in [0.2, 0.25) is 0 Å². The lowest BCUT2D eigenvalue weighted by Crippen LogP contribution is -2.47. The molecule has 0 bridgehead atoms. The second-order valence-electron chi connectivity index (χ2n) is 7.35. The van der Waals surface area contributed by atoms with E-state index < -0.39 is 0 Å². The van der Waals surface area contributed by atoms with Gasteiger partial charge < -0.3 is 19.4 Å². The quantitative estimate of drug-likeness (QED) is 0.759. The number of amides is 1. The third kappa shape index (κ3) is 3.06. The molecule has 1 N–H and O–H groups in total. The van der Waals surface area contributed by atoms with Gasteiger partial charge >= 0.3 is 0 Å². The van der Waals surface area contributed by atoms with Gasteiger partial charge in [-0.2, -0.15) is 0 Å². The van der Waals surface area contributed by atoms with Gasteiger partial charge in [0.15, 0.2) is 0 Å². The molecule has 1 aliphatic heterocycles. The molecule has 0 aliphatic carbocycles. The van der Waals surface area contributed by atoms with Crippen molar-refractivity contribution in [3.63, 3.8) is 0 Å². The number of nitrogens with one attached hydrogen (secondary N) is 1. The highest BCUT2D eigenvalue weighted by atomic mass is 16.2. The first kappa shape index (κ1) is 17.5. The fourth-order valence-corrected chi connectivity index (χ4v) is 3.75. The highest BCUT2D eigenvalue weighted by Gasteiger charge is 2.22. The normalized spacial score (nSPS) is 15.4. The maximum absolute atomic E-state index is 12.9. The average molecular weight is 364 g/mol. The summed E-state index contributed by atoms with van der Waals surface area (Å²) in [5, 5.41) is 0.899. The molecule has 1 fully saturated rings. The zero-order valence-corrected chi connectivity index (χ0v) is 16.0. The van der Waals surface area contributed by atoms with E-state index in [-0.39, 0.29) is 11.5 Å².